The fourth-order valence-corrected chi connectivity index (χ4v) is 3.08. The van der Waals surface area contributed by atoms with Gasteiger partial charge in [-0.05, 0) is 31.2 Å². The second-order valence-electron chi connectivity index (χ2n) is 6.71. The summed E-state index contributed by atoms with van der Waals surface area (Å²) in [5.41, 5.74) is 1.79. The molecule has 0 saturated heterocycles. The number of carboxylic acid groups (broad SMARTS) is 1. The van der Waals surface area contributed by atoms with Crippen LogP contribution >= 0.6 is 0 Å². The Balaban J connectivity index is 1.88. The fourth-order valence-electron chi connectivity index (χ4n) is 3.08. The van der Waals surface area contributed by atoms with E-state index in [1.807, 2.05) is 31.2 Å². The number of aryl methyl sites for hydroxylation is 1. The molecule has 0 bridgehead atoms. The predicted molar refractivity (Wildman–Crippen MR) is 108 cm³/mol. The van der Waals surface area contributed by atoms with E-state index >= 15 is 0 Å². The first-order valence-electron chi connectivity index (χ1n) is 9.05. The lowest BCUT2D eigenvalue weighted by atomic mass is 10.1. The molecule has 0 unspecified atom stereocenters. The third kappa shape index (κ3) is 3.75. The topological polar surface area (TPSA) is 120 Å². The molecule has 1 atom stereocenters. The molecule has 4 rings (SSSR count). The highest BCUT2D eigenvalue weighted by Crippen LogP contribution is 2.29. The standard InChI is InChI=1S/C20H18FN7O2/c1-11-9-16(27-26-11)24-18-13-5-3-4-6-14(13)23-19(25-18)17(28(2)20(29)30)15-8-7-12(21)10-22-15/h3-10,17H,1-2H3,(H,29,30)(H2,23,24,25,26,27)/t17-/m1/s1. The second kappa shape index (κ2) is 7.74. The van der Waals surface area contributed by atoms with Gasteiger partial charge in [0.25, 0.3) is 0 Å². The molecular weight excluding hydrogens is 389 g/mol. The van der Waals surface area contributed by atoms with E-state index in [0.29, 0.717) is 22.8 Å². The Morgan fingerprint density at radius 1 is 1.23 bits per heavy atom. The predicted octanol–water partition coefficient (Wildman–Crippen LogP) is 3.64. The van der Waals surface area contributed by atoms with Gasteiger partial charge in [0.05, 0.1) is 17.4 Å². The minimum Gasteiger partial charge on any atom is -0.465 e. The van der Waals surface area contributed by atoms with Crippen molar-refractivity contribution in [2.75, 3.05) is 12.4 Å². The van der Waals surface area contributed by atoms with Crippen molar-refractivity contribution in [1.29, 1.82) is 0 Å². The molecule has 0 aliphatic carbocycles. The summed E-state index contributed by atoms with van der Waals surface area (Å²) < 4.78 is 13.4. The van der Waals surface area contributed by atoms with Gasteiger partial charge in [-0.2, -0.15) is 5.10 Å². The lowest BCUT2D eigenvalue weighted by molar-refractivity contribution is 0.143. The number of hydrogen-bond acceptors (Lipinski definition) is 6. The van der Waals surface area contributed by atoms with Crippen molar-refractivity contribution in [2.24, 2.45) is 0 Å². The number of para-hydroxylation sites is 1. The molecule has 0 radical (unpaired) electrons. The van der Waals surface area contributed by atoms with E-state index in [4.69, 9.17) is 0 Å². The Kier molecular flexibility index (Phi) is 4.97. The number of halogens is 1. The smallest absolute Gasteiger partial charge is 0.407 e. The van der Waals surface area contributed by atoms with E-state index < -0.39 is 18.0 Å². The maximum absolute atomic E-state index is 13.4. The molecule has 1 aromatic carbocycles. The van der Waals surface area contributed by atoms with Crippen LogP contribution in [0.4, 0.5) is 20.8 Å². The van der Waals surface area contributed by atoms with Crippen LogP contribution in [0.15, 0.2) is 48.7 Å². The van der Waals surface area contributed by atoms with Crippen LogP contribution < -0.4 is 5.32 Å². The molecule has 0 aliphatic rings. The minimum atomic E-state index is -1.19. The number of nitrogens with zero attached hydrogens (tertiary/aromatic N) is 5. The normalized spacial score (nSPS) is 12.0. The van der Waals surface area contributed by atoms with E-state index in [1.54, 1.807) is 6.07 Å². The molecule has 10 heteroatoms. The molecule has 0 spiro atoms. The van der Waals surface area contributed by atoms with E-state index in [1.165, 1.54) is 19.2 Å². The van der Waals surface area contributed by atoms with Crippen molar-refractivity contribution in [3.8, 4) is 0 Å². The van der Waals surface area contributed by atoms with Gasteiger partial charge in [0.1, 0.15) is 17.7 Å². The molecule has 9 nitrogen and oxygen atoms in total. The number of H-pyrrole nitrogens is 1. The summed E-state index contributed by atoms with van der Waals surface area (Å²) in [6, 6.07) is 10.9. The maximum Gasteiger partial charge on any atom is 0.407 e. The van der Waals surface area contributed by atoms with Crippen LogP contribution in [-0.4, -0.2) is 48.3 Å². The summed E-state index contributed by atoms with van der Waals surface area (Å²) in [5, 5.41) is 20.5. The van der Waals surface area contributed by atoms with Crippen LogP contribution in [0, 0.1) is 12.7 Å². The quantitative estimate of drug-likeness (QED) is 0.462. The molecule has 3 aromatic heterocycles. The third-order valence-corrected chi connectivity index (χ3v) is 4.54. The molecule has 0 saturated carbocycles. The molecule has 3 heterocycles. The van der Waals surface area contributed by atoms with Crippen molar-refractivity contribution in [1.82, 2.24) is 30.0 Å². The molecule has 3 N–H and O–H groups in total. The van der Waals surface area contributed by atoms with Gasteiger partial charge in [-0.25, -0.2) is 19.2 Å². The summed E-state index contributed by atoms with van der Waals surface area (Å²) in [6.45, 7) is 1.87. The lowest BCUT2D eigenvalue weighted by Gasteiger charge is -2.24. The van der Waals surface area contributed by atoms with Gasteiger partial charge in [0.15, 0.2) is 11.6 Å². The lowest BCUT2D eigenvalue weighted by Crippen LogP contribution is -2.32. The van der Waals surface area contributed by atoms with Gasteiger partial charge < -0.3 is 10.4 Å². The molecule has 4 aromatic rings. The number of hydrogen-bond donors (Lipinski definition) is 3. The number of amides is 1. The highest BCUT2D eigenvalue weighted by Gasteiger charge is 2.28. The average molecular weight is 407 g/mol. The number of anilines is 2. The molecule has 0 aliphatic heterocycles. The second-order valence-corrected chi connectivity index (χ2v) is 6.71. The minimum absolute atomic E-state index is 0.201. The zero-order valence-corrected chi connectivity index (χ0v) is 16.2. The van der Waals surface area contributed by atoms with E-state index in [2.05, 4.69) is 30.5 Å². The van der Waals surface area contributed by atoms with Crippen LogP contribution in [0.3, 0.4) is 0 Å². The Morgan fingerprint density at radius 2 is 2.03 bits per heavy atom. The number of aromatic amines is 1. The van der Waals surface area contributed by atoms with Gasteiger partial charge >= 0.3 is 6.09 Å². The summed E-state index contributed by atoms with van der Waals surface area (Å²) in [5.74, 6) is 0.706. The number of nitrogens with one attached hydrogen (secondary N) is 2. The zero-order chi connectivity index (χ0) is 21.3. The summed E-state index contributed by atoms with van der Waals surface area (Å²) in [6.07, 6.45) is -0.162. The van der Waals surface area contributed by atoms with Crippen molar-refractivity contribution in [2.45, 2.75) is 13.0 Å². The number of carbonyl (C=O) groups is 1. The first kappa shape index (κ1) is 19.2. The zero-order valence-electron chi connectivity index (χ0n) is 16.2. The Hall–Kier alpha value is -4.08. The Labute approximate surface area is 170 Å². The maximum atomic E-state index is 13.4. The van der Waals surface area contributed by atoms with Gasteiger partial charge in [0, 0.05) is 24.2 Å². The van der Waals surface area contributed by atoms with E-state index in [0.717, 1.165) is 22.2 Å². The Bertz CT molecular complexity index is 1210. The molecule has 1 amide bonds. The Morgan fingerprint density at radius 3 is 2.70 bits per heavy atom. The highest BCUT2D eigenvalue weighted by atomic mass is 19.1. The molecule has 0 fully saturated rings. The van der Waals surface area contributed by atoms with Gasteiger partial charge in [-0.15, -0.1) is 0 Å². The van der Waals surface area contributed by atoms with Crippen molar-refractivity contribution in [3.63, 3.8) is 0 Å². The number of benzene rings is 1. The van der Waals surface area contributed by atoms with Crippen molar-refractivity contribution >= 4 is 28.6 Å². The summed E-state index contributed by atoms with van der Waals surface area (Å²) in [4.78, 5) is 26.0. The number of aromatic nitrogens is 5. The fraction of sp³-hybridized carbons (Fsp3) is 0.150. The van der Waals surface area contributed by atoms with Crippen LogP contribution in [0.1, 0.15) is 23.3 Å². The van der Waals surface area contributed by atoms with Crippen LogP contribution in [0.5, 0.6) is 0 Å². The van der Waals surface area contributed by atoms with E-state index in [-0.39, 0.29) is 5.82 Å². The average Bonchev–Trinajstić information content (AvgIpc) is 3.14. The van der Waals surface area contributed by atoms with Gasteiger partial charge in [-0.1, -0.05) is 12.1 Å². The largest absolute Gasteiger partial charge is 0.465 e. The van der Waals surface area contributed by atoms with Crippen molar-refractivity contribution in [3.05, 3.63) is 71.7 Å². The van der Waals surface area contributed by atoms with Gasteiger partial charge in [-0.3, -0.25) is 15.0 Å². The van der Waals surface area contributed by atoms with Crippen LogP contribution in [0.25, 0.3) is 10.9 Å². The SMILES string of the molecule is Cc1cc(Nc2nc([C@@H](c3ccc(F)cn3)N(C)C(=O)O)nc3ccccc23)n[nH]1. The van der Waals surface area contributed by atoms with Crippen LogP contribution in [0.2, 0.25) is 0 Å². The first-order valence-corrected chi connectivity index (χ1v) is 9.05. The third-order valence-electron chi connectivity index (χ3n) is 4.54. The molecule has 30 heavy (non-hydrogen) atoms. The number of fused-ring (bicyclic) bond motifs is 1. The summed E-state index contributed by atoms with van der Waals surface area (Å²) >= 11 is 0. The summed E-state index contributed by atoms with van der Waals surface area (Å²) in [7, 11) is 1.39. The highest BCUT2D eigenvalue weighted by molar-refractivity contribution is 5.90. The monoisotopic (exact) mass is 407 g/mol. The van der Waals surface area contributed by atoms with Crippen LogP contribution in [-0.2, 0) is 0 Å². The molecule has 152 valence electrons. The number of rotatable bonds is 5. The number of pyridine rings is 1. The molecular formula is C20H18FN7O2. The van der Waals surface area contributed by atoms with Crippen molar-refractivity contribution < 1.29 is 14.3 Å². The van der Waals surface area contributed by atoms with E-state index in [9.17, 15) is 14.3 Å². The van der Waals surface area contributed by atoms with Gasteiger partial charge in [0.2, 0.25) is 0 Å². The first-order chi connectivity index (χ1) is 14.4.